The smallest absolute Gasteiger partial charge is 0.437 e. The first kappa shape index (κ1) is 36.1. The third-order valence-corrected chi connectivity index (χ3v) is 9.93. The molecule has 2 aliphatic heterocycles. The summed E-state index contributed by atoms with van der Waals surface area (Å²) >= 11 is 0. The van der Waals surface area contributed by atoms with Gasteiger partial charge >= 0.3 is 12.2 Å². The zero-order valence-electron chi connectivity index (χ0n) is 31.1. The van der Waals surface area contributed by atoms with Crippen LogP contribution in [-0.2, 0) is 19.8 Å². The van der Waals surface area contributed by atoms with E-state index in [0.717, 1.165) is 55.2 Å². The number of likely N-dealkylation sites (tertiary alicyclic amines) is 1. The topological polar surface area (TPSA) is 139 Å². The first-order valence-electron chi connectivity index (χ1n) is 18.1. The fraction of sp³-hybridized carbons (Fsp3) is 0.579. The first-order valence-corrected chi connectivity index (χ1v) is 18.1. The van der Waals surface area contributed by atoms with Gasteiger partial charge in [0.05, 0.1) is 0 Å². The third-order valence-electron chi connectivity index (χ3n) is 9.93. The molecule has 13 nitrogen and oxygen atoms in total. The number of nitrogens with zero attached hydrogens (tertiary/aromatic N) is 6. The summed E-state index contributed by atoms with van der Waals surface area (Å²) < 4.78 is 13.2. The molecule has 1 N–H and O–H groups in total. The van der Waals surface area contributed by atoms with Crippen molar-refractivity contribution in [1.82, 2.24) is 24.4 Å². The Hall–Kier alpha value is -4.68. The van der Waals surface area contributed by atoms with Crippen LogP contribution in [0.15, 0.2) is 36.5 Å². The number of amides is 4. The standard InChI is InChI=1S/C38H51N7O6/c1-24(2)25-16-20-42(21-17-25)31(46)26-12-14-28(15-13-26)40-33-39-23-27-22-29-43(30(27)41-33)38(18-10-9-11-19-38)32(47)45(35(49)51-37(6,7)8)44(29)34(48)50-36(3,4)5/h12-15,22-25H,9-11,16-21H2,1-8H3,(H,39,40,41). The van der Waals surface area contributed by atoms with Crippen molar-refractivity contribution in [3.63, 3.8) is 0 Å². The molecule has 1 aliphatic carbocycles. The third kappa shape index (κ3) is 7.25. The van der Waals surface area contributed by atoms with E-state index in [-0.39, 0.29) is 17.7 Å². The lowest BCUT2D eigenvalue weighted by atomic mass is 9.79. The molecule has 4 heterocycles. The second-order valence-electron chi connectivity index (χ2n) is 16.4. The minimum atomic E-state index is -1.19. The number of hydrogen-bond donors (Lipinski definition) is 1. The highest BCUT2D eigenvalue weighted by Gasteiger charge is 2.56. The van der Waals surface area contributed by atoms with E-state index < -0.39 is 34.8 Å². The van der Waals surface area contributed by atoms with Crippen molar-refractivity contribution in [2.45, 2.75) is 117 Å². The summed E-state index contributed by atoms with van der Waals surface area (Å²) in [5, 5.41) is 5.60. The molecule has 3 aromatic rings. The van der Waals surface area contributed by atoms with Crippen LogP contribution in [0, 0.1) is 11.8 Å². The summed E-state index contributed by atoms with van der Waals surface area (Å²) in [6.45, 7) is 16.3. The fourth-order valence-electron chi connectivity index (χ4n) is 7.40. The molecule has 1 aromatic carbocycles. The second kappa shape index (κ2) is 13.5. The molecular formula is C38H51N7O6. The zero-order valence-corrected chi connectivity index (χ0v) is 31.1. The van der Waals surface area contributed by atoms with Gasteiger partial charge in [0, 0.05) is 35.9 Å². The molecule has 1 saturated heterocycles. The Morgan fingerprint density at radius 3 is 2.04 bits per heavy atom. The number of hydrazine groups is 1. The summed E-state index contributed by atoms with van der Waals surface area (Å²) in [5.41, 5.74) is -1.30. The molecule has 0 radical (unpaired) electrons. The van der Waals surface area contributed by atoms with Gasteiger partial charge < -0.3 is 19.7 Å². The SMILES string of the molecule is CC(C)C1CCN(C(=O)c2ccc(Nc3ncc4cc5n(c4n3)C3(CCCCC3)C(=O)N(C(=O)OC(C)(C)C)N5C(=O)OC(C)(C)C)cc2)CC1. The number of rotatable bonds is 4. The van der Waals surface area contributed by atoms with Crippen molar-refractivity contribution >= 4 is 52.5 Å². The van der Waals surface area contributed by atoms with Crippen LogP contribution in [0.5, 0.6) is 0 Å². The Balaban J connectivity index is 1.35. The van der Waals surface area contributed by atoms with Crippen molar-refractivity contribution in [2.24, 2.45) is 11.8 Å². The Morgan fingerprint density at radius 1 is 0.882 bits per heavy atom. The number of carbonyl (C=O) groups excluding carboxylic acids is 4. The average Bonchev–Trinajstić information content (AvgIpc) is 3.44. The van der Waals surface area contributed by atoms with E-state index in [9.17, 15) is 19.2 Å². The molecule has 2 aromatic heterocycles. The van der Waals surface area contributed by atoms with E-state index in [1.54, 1.807) is 70.5 Å². The Bertz CT molecular complexity index is 1810. The lowest BCUT2D eigenvalue weighted by Crippen LogP contribution is -2.66. The number of ether oxygens (including phenoxy) is 2. The van der Waals surface area contributed by atoms with Gasteiger partial charge in [-0.2, -0.15) is 9.99 Å². The molecule has 13 heteroatoms. The molecule has 274 valence electrons. The van der Waals surface area contributed by atoms with E-state index in [0.29, 0.717) is 47.0 Å². The molecule has 0 unspecified atom stereocenters. The largest absolute Gasteiger partial charge is 0.442 e. The Kier molecular flexibility index (Phi) is 9.53. The fourth-order valence-corrected chi connectivity index (χ4v) is 7.40. The highest BCUT2D eigenvalue weighted by atomic mass is 16.6. The van der Waals surface area contributed by atoms with Crippen LogP contribution in [0.2, 0.25) is 0 Å². The number of benzene rings is 1. The Labute approximate surface area is 299 Å². The van der Waals surface area contributed by atoms with Gasteiger partial charge in [0.25, 0.3) is 11.8 Å². The summed E-state index contributed by atoms with van der Waals surface area (Å²) in [4.78, 5) is 67.0. The predicted molar refractivity (Wildman–Crippen MR) is 194 cm³/mol. The number of piperidine rings is 1. The number of aromatic nitrogens is 3. The highest BCUT2D eigenvalue weighted by Crippen LogP contribution is 2.47. The van der Waals surface area contributed by atoms with Gasteiger partial charge in [0.1, 0.15) is 28.2 Å². The van der Waals surface area contributed by atoms with Crippen LogP contribution in [-0.4, -0.2) is 72.7 Å². The van der Waals surface area contributed by atoms with Crippen LogP contribution in [0.25, 0.3) is 11.0 Å². The monoisotopic (exact) mass is 701 g/mol. The van der Waals surface area contributed by atoms with E-state index in [1.807, 2.05) is 17.0 Å². The van der Waals surface area contributed by atoms with E-state index >= 15 is 0 Å². The van der Waals surface area contributed by atoms with Crippen LogP contribution in [0.3, 0.4) is 0 Å². The predicted octanol–water partition coefficient (Wildman–Crippen LogP) is 7.78. The van der Waals surface area contributed by atoms with E-state index in [4.69, 9.17) is 14.5 Å². The van der Waals surface area contributed by atoms with Crippen molar-refractivity contribution < 1.29 is 28.7 Å². The highest BCUT2D eigenvalue weighted by molar-refractivity contribution is 6.08. The maximum atomic E-state index is 14.7. The average molecular weight is 702 g/mol. The normalized spacial score (nSPS) is 18.3. The molecule has 4 amide bonds. The minimum absolute atomic E-state index is 0.0265. The molecule has 2 fully saturated rings. The molecule has 51 heavy (non-hydrogen) atoms. The first-order chi connectivity index (χ1) is 24.0. The van der Waals surface area contributed by atoms with Crippen LogP contribution >= 0.6 is 0 Å². The van der Waals surface area contributed by atoms with Crippen molar-refractivity contribution in [2.75, 3.05) is 23.4 Å². The number of carbonyl (C=O) groups is 4. The zero-order chi connectivity index (χ0) is 36.9. The van der Waals surface area contributed by atoms with Gasteiger partial charge in [-0.25, -0.2) is 14.6 Å². The van der Waals surface area contributed by atoms with Crippen molar-refractivity contribution in [3.8, 4) is 0 Å². The molecule has 0 atom stereocenters. The quantitative estimate of drug-likeness (QED) is 0.289. The number of hydrogen-bond acceptors (Lipinski definition) is 9. The van der Waals surface area contributed by atoms with Gasteiger partial charge in [0.2, 0.25) is 5.95 Å². The molecule has 1 saturated carbocycles. The van der Waals surface area contributed by atoms with Crippen molar-refractivity contribution in [3.05, 3.63) is 42.1 Å². The van der Waals surface area contributed by atoms with Crippen LogP contribution < -0.4 is 10.3 Å². The van der Waals surface area contributed by atoms with Gasteiger partial charge in [0.15, 0.2) is 0 Å². The lowest BCUT2D eigenvalue weighted by molar-refractivity contribution is -0.144. The molecule has 3 aliphatic rings. The van der Waals surface area contributed by atoms with E-state index in [2.05, 4.69) is 24.1 Å². The number of imide groups is 1. The van der Waals surface area contributed by atoms with Crippen LogP contribution in [0.4, 0.5) is 27.0 Å². The van der Waals surface area contributed by atoms with E-state index in [1.165, 1.54) is 0 Å². The lowest BCUT2D eigenvalue weighted by Gasteiger charge is -2.48. The van der Waals surface area contributed by atoms with Gasteiger partial charge in [-0.05, 0) is 109 Å². The summed E-state index contributed by atoms with van der Waals surface area (Å²) in [7, 11) is 0. The molecule has 0 bridgehead atoms. The number of fused-ring (bicyclic) bond motifs is 4. The minimum Gasteiger partial charge on any atom is -0.442 e. The van der Waals surface area contributed by atoms with Gasteiger partial charge in [-0.15, -0.1) is 5.01 Å². The summed E-state index contributed by atoms with van der Waals surface area (Å²) in [6.07, 6.45) is 5.12. The maximum Gasteiger partial charge on any atom is 0.437 e. The van der Waals surface area contributed by atoms with Crippen molar-refractivity contribution in [1.29, 1.82) is 0 Å². The molecule has 6 rings (SSSR count). The molecular weight excluding hydrogens is 650 g/mol. The second-order valence-corrected chi connectivity index (χ2v) is 16.4. The maximum absolute atomic E-state index is 14.7. The number of anilines is 3. The summed E-state index contributed by atoms with van der Waals surface area (Å²) in [6, 6.07) is 8.95. The summed E-state index contributed by atoms with van der Waals surface area (Å²) in [5.74, 6) is 1.26. The van der Waals surface area contributed by atoms with Crippen LogP contribution in [0.1, 0.15) is 111 Å². The van der Waals surface area contributed by atoms with Gasteiger partial charge in [-0.1, -0.05) is 33.1 Å². The van der Waals surface area contributed by atoms with Gasteiger partial charge in [-0.3, -0.25) is 14.2 Å². The molecule has 1 spiro atoms. The Morgan fingerprint density at radius 2 is 1.47 bits per heavy atom. The number of nitrogens with one attached hydrogen (secondary N) is 1.